The average molecular weight is 317 g/mol. The van der Waals surface area contributed by atoms with Crippen LogP contribution in [-0.4, -0.2) is 17.0 Å². The van der Waals surface area contributed by atoms with E-state index in [4.69, 9.17) is 0 Å². The van der Waals surface area contributed by atoms with E-state index < -0.39 is 17.9 Å². The number of nitrogens with one attached hydrogen (secondary N) is 1. The normalized spacial score (nSPS) is 13.4. The van der Waals surface area contributed by atoms with Crippen molar-refractivity contribution in [2.45, 2.75) is 26.3 Å². The highest BCUT2D eigenvalue weighted by Crippen LogP contribution is 2.23. The molecule has 0 saturated carbocycles. The van der Waals surface area contributed by atoms with Gasteiger partial charge in [0.1, 0.15) is 0 Å². The molecule has 1 aromatic heterocycles. The lowest BCUT2D eigenvalue weighted by Crippen LogP contribution is -2.36. The van der Waals surface area contributed by atoms with E-state index in [1.807, 2.05) is 49.4 Å². The van der Waals surface area contributed by atoms with Crippen molar-refractivity contribution < 1.29 is 14.7 Å². The lowest BCUT2D eigenvalue weighted by molar-refractivity contribution is -0.142. The molecule has 2 aromatic rings. The summed E-state index contributed by atoms with van der Waals surface area (Å²) in [6.07, 6.45) is 0.272. The number of aryl methyl sites for hydroxylation is 1. The number of hydrogen-bond donors (Lipinski definition) is 2. The Morgan fingerprint density at radius 3 is 2.41 bits per heavy atom. The zero-order chi connectivity index (χ0) is 16.1. The van der Waals surface area contributed by atoms with Gasteiger partial charge in [-0.1, -0.05) is 30.3 Å². The Morgan fingerprint density at radius 2 is 1.86 bits per heavy atom. The molecule has 0 aliphatic carbocycles. The molecule has 0 bridgehead atoms. The van der Waals surface area contributed by atoms with E-state index in [1.54, 1.807) is 18.3 Å². The van der Waals surface area contributed by atoms with E-state index in [9.17, 15) is 14.7 Å². The standard InChI is InChI=1S/C17H19NO3S/c1-11-8-9-14(22-11)10-15(19)18-16(12(2)17(20)21)13-6-4-3-5-7-13/h3-9,12,16H,10H2,1-2H3,(H,18,19)(H,20,21)/t12-,16-/m1/s1. The van der Waals surface area contributed by atoms with Crippen LogP contribution < -0.4 is 5.32 Å². The van der Waals surface area contributed by atoms with Crippen molar-refractivity contribution in [2.24, 2.45) is 5.92 Å². The van der Waals surface area contributed by atoms with Gasteiger partial charge >= 0.3 is 5.97 Å². The van der Waals surface area contributed by atoms with E-state index in [1.165, 1.54) is 0 Å². The number of benzene rings is 1. The number of amides is 1. The Morgan fingerprint density at radius 1 is 1.18 bits per heavy atom. The first-order valence-electron chi connectivity index (χ1n) is 7.10. The summed E-state index contributed by atoms with van der Waals surface area (Å²) in [5.41, 5.74) is 0.799. The van der Waals surface area contributed by atoms with Crippen LogP contribution in [0.25, 0.3) is 0 Å². The first-order valence-corrected chi connectivity index (χ1v) is 7.91. The minimum atomic E-state index is -0.930. The Bertz CT molecular complexity index is 651. The topological polar surface area (TPSA) is 66.4 Å². The smallest absolute Gasteiger partial charge is 0.308 e. The molecule has 0 aliphatic rings. The van der Waals surface area contributed by atoms with Gasteiger partial charge in [0.25, 0.3) is 0 Å². The van der Waals surface area contributed by atoms with Crippen LogP contribution in [0.15, 0.2) is 42.5 Å². The average Bonchev–Trinajstić information content (AvgIpc) is 2.90. The molecule has 1 aromatic carbocycles. The summed E-state index contributed by atoms with van der Waals surface area (Å²) < 4.78 is 0. The highest BCUT2D eigenvalue weighted by atomic mass is 32.1. The van der Waals surface area contributed by atoms with Crippen molar-refractivity contribution in [1.29, 1.82) is 0 Å². The zero-order valence-corrected chi connectivity index (χ0v) is 13.4. The molecule has 4 nitrogen and oxygen atoms in total. The number of carbonyl (C=O) groups excluding carboxylic acids is 1. The maximum absolute atomic E-state index is 12.2. The van der Waals surface area contributed by atoms with E-state index >= 15 is 0 Å². The molecule has 0 unspecified atom stereocenters. The lowest BCUT2D eigenvalue weighted by Gasteiger charge is -2.22. The SMILES string of the molecule is Cc1ccc(CC(=O)N[C@@H](c2ccccc2)[C@@H](C)C(=O)O)s1. The molecule has 2 atom stereocenters. The van der Waals surface area contributed by atoms with Gasteiger partial charge < -0.3 is 10.4 Å². The van der Waals surface area contributed by atoms with E-state index in [-0.39, 0.29) is 12.3 Å². The fourth-order valence-corrected chi connectivity index (χ4v) is 3.15. The van der Waals surface area contributed by atoms with Crippen molar-refractivity contribution in [3.63, 3.8) is 0 Å². The fraction of sp³-hybridized carbons (Fsp3) is 0.294. The molecule has 0 fully saturated rings. The number of rotatable bonds is 6. The Labute approximate surface area is 133 Å². The van der Waals surface area contributed by atoms with E-state index in [2.05, 4.69) is 5.32 Å². The maximum atomic E-state index is 12.2. The molecule has 2 rings (SSSR count). The van der Waals surface area contributed by atoms with Gasteiger partial charge in [0.15, 0.2) is 0 Å². The van der Waals surface area contributed by atoms with Crippen molar-refractivity contribution in [3.8, 4) is 0 Å². The predicted molar refractivity (Wildman–Crippen MR) is 86.9 cm³/mol. The number of hydrogen-bond acceptors (Lipinski definition) is 3. The first-order chi connectivity index (χ1) is 10.5. The van der Waals surface area contributed by atoms with Crippen LogP contribution in [0.5, 0.6) is 0 Å². The summed E-state index contributed by atoms with van der Waals surface area (Å²) >= 11 is 1.58. The van der Waals surface area contributed by atoms with Gasteiger partial charge in [0.2, 0.25) is 5.91 Å². The minimum Gasteiger partial charge on any atom is -0.481 e. The highest BCUT2D eigenvalue weighted by molar-refractivity contribution is 7.12. The third kappa shape index (κ3) is 4.18. The van der Waals surface area contributed by atoms with Gasteiger partial charge in [0, 0.05) is 9.75 Å². The third-order valence-electron chi connectivity index (χ3n) is 3.50. The third-order valence-corrected chi connectivity index (χ3v) is 4.50. The molecule has 0 saturated heterocycles. The van der Waals surface area contributed by atoms with Gasteiger partial charge in [0.05, 0.1) is 18.4 Å². The molecular formula is C17H19NO3S. The van der Waals surface area contributed by atoms with Gasteiger partial charge in [-0.2, -0.15) is 0 Å². The molecule has 2 N–H and O–H groups in total. The van der Waals surface area contributed by atoms with Crippen LogP contribution >= 0.6 is 11.3 Å². The highest BCUT2D eigenvalue weighted by Gasteiger charge is 2.26. The fourth-order valence-electron chi connectivity index (χ4n) is 2.26. The summed E-state index contributed by atoms with van der Waals surface area (Å²) in [7, 11) is 0. The van der Waals surface area contributed by atoms with Crippen molar-refractivity contribution in [2.75, 3.05) is 0 Å². The summed E-state index contributed by atoms with van der Waals surface area (Å²) in [6, 6.07) is 12.6. The largest absolute Gasteiger partial charge is 0.481 e. The second-order valence-electron chi connectivity index (χ2n) is 5.27. The summed E-state index contributed by atoms with van der Waals surface area (Å²) in [4.78, 5) is 25.7. The molecule has 5 heteroatoms. The second kappa shape index (κ2) is 7.22. The zero-order valence-electron chi connectivity index (χ0n) is 12.6. The number of carboxylic acid groups (broad SMARTS) is 1. The Balaban J connectivity index is 2.12. The van der Waals surface area contributed by atoms with Gasteiger partial charge in [-0.3, -0.25) is 9.59 Å². The van der Waals surface area contributed by atoms with Crippen LogP contribution in [0.3, 0.4) is 0 Å². The molecule has 1 amide bonds. The predicted octanol–water partition coefficient (Wildman–Crippen LogP) is 3.18. The number of carbonyl (C=O) groups is 2. The molecule has 116 valence electrons. The lowest BCUT2D eigenvalue weighted by atomic mass is 9.94. The van der Waals surface area contributed by atoms with Crippen LogP contribution in [0.4, 0.5) is 0 Å². The van der Waals surface area contributed by atoms with Crippen LogP contribution in [0.2, 0.25) is 0 Å². The van der Waals surface area contributed by atoms with Gasteiger partial charge in [-0.25, -0.2) is 0 Å². The van der Waals surface area contributed by atoms with E-state index in [0.717, 1.165) is 15.3 Å². The molecule has 22 heavy (non-hydrogen) atoms. The molecule has 0 radical (unpaired) electrons. The monoisotopic (exact) mass is 317 g/mol. The molecule has 0 spiro atoms. The minimum absolute atomic E-state index is 0.163. The Kier molecular flexibility index (Phi) is 5.33. The number of aliphatic carboxylic acids is 1. The summed E-state index contributed by atoms with van der Waals surface area (Å²) in [5, 5.41) is 12.1. The van der Waals surface area contributed by atoms with E-state index in [0.29, 0.717) is 0 Å². The number of carboxylic acids is 1. The Hall–Kier alpha value is -2.14. The van der Waals surface area contributed by atoms with Gasteiger partial charge in [-0.05, 0) is 31.5 Å². The molecule has 0 aliphatic heterocycles. The van der Waals surface area contributed by atoms with Crippen molar-refractivity contribution >= 4 is 23.2 Å². The second-order valence-corrected chi connectivity index (χ2v) is 6.64. The summed E-state index contributed by atoms with van der Waals surface area (Å²) in [6.45, 7) is 3.60. The number of thiophene rings is 1. The van der Waals surface area contributed by atoms with Gasteiger partial charge in [-0.15, -0.1) is 11.3 Å². The molecular weight excluding hydrogens is 298 g/mol. The van der Waals surface area contributed by atoms with Crippen molar-refractivity contribution in [1.82, 2.24) is 5.32 Å². The molecule has 1 heterocycles. The quantitative estimate of drug-likeness (QED) is 0.860. The van der Waals surface area contributed by atoms with Crippen molar-refractivity contribution in [3.05, 3.63) is 57.8 Å². The van der Waals surface area contributed by atoms with Crippen LogP contribution in [0.1, 0.15) is 28.3 Å². The summed E-state index contributed by atoms with van der Waals surface area (Å²) in [5.74, 6) is -1.79. The van der Waals surface area contributed by atoms with Crippen LogP contribution in [0, 0.1) is 12.8 Å². The van der Waals surface area contributed by atoms with Crippen LogP contribution in [-0.2, 0) is 16.0 Å². The first kappa shape index (κ1) is 16.2. The maximum Gasteiger partial charge on any atom is 0.308 e.